The second-order valence-corrected chi connectivity index (χ2v) is 11.4. The van der Waals surface area contributed by atoms with E-state index in [1.54, 1.807) is 6.92 Å². The molecule has 1 saturated heterocycles. The average molecular weight is 531 g/mol. The Morgan fingerprint density at radius 3 is 2.67 bits per heavy atom. The van der Waals surface area contributed by atoms with E-state index in [1.807, 2.05) is 31.2 Å². The number of piperidine rings is 1. The van der Waals surface area contributed by atoms with Gasteiger partial charge in [-0.25, -0.2) is 4.39 Å². The molecule has 2 atom stereocenters. The predicted molar refractivity (Wildman–Crippen MR) is 151 cm³/mol. The number of hydrogen-bond acceptors (Lipinski definition) is 4. The van der Waals surface area contributed by atoms with E-state index >= 15 is 0 Å². The molecule has 1 N–H and O–H groups in total. The zero-order valence-electron chi connectivity index (χ0n) is 23.3. The molecule has 2 unspecified atom stereocenters. The summed E-state index contributed by atoms with van der Waals surface area (Å²) in [5, 5.41) is 9.32. The fourth-order valence-corrected chi connectivity index (χ4v) is 5.97. The summed E-state index contributed by atoms with van der Waals surface area (Å²) in [5.74, 6) is 0.0946. The molecule has 3 heterocycles. The second-order valence-electron chi connectivity index (χ2n) is 11.4. The summed E-state index contributed by atoms with van der Waals surface area (Å²) in [6, 6.07) is 14.3. The molecule has 0 spiro atoms. The van der Waals surface area contributed by atoms with Crippen LogP contribution < -0.4 is 4.74 Å². The van der Waals surface area contributed by atoms with Gasteiger partial charge in [-0.2, -0.15) is 0 Å². The van der Waals surface area contributed by atoms with Crippen molar-refractivity contribution < 1.29 is 19.0 Å². The lowest BCUT2D eigenvalue weighted by Crippen LogP contribution is -2.33. The van der Waals surface area contributed by atoms with Gasteiger partial charge >= 0.3 is 5.97 Å². The number of hydrogen-bond donors (Lipinski definition) is 1. The number of pyridine rings is 1. The number of aromatic nitrogens is 1. The highest BCUT2D eigenvalue weighted by molar-refractivity contribution is 5.70. The normalized spacial score (nSPS) is 18.8. The van der Waals surface area contributed by atoms with Gasteiger partial charge in [-0.3, -0.25) is 14.7 Å². The number of likely N-dealkylation sites (tertiary alicyclic amines) is 1. The molecule has 206 valence electrons. The topological polar surface area (TPSA) is 62.7 Å². The Morgan fingerprint density at radius 1 is 1.13 bits per heavy atom. The quantitative estimate of drug-likeness (QED) is 0.335. The Morgan fingerprint density at radius 2 is 1.92 bits per heavy atom. The van der Waals surface area contributed by atoms with Crippen molar-refractivity contribution in [3.63, 3.8) is 0 Å². The maximum absolute atomic E-state index is 15.0. The van der Waals surface area contributed by atoms with Crippen LogP contribution in [0.15, 0.2) is 48.7 Å². The number of benzene rings is 2. The molecule has 6 heteroatoms. The zero-order valence-corrected chi connectivity index (χ0v) is 23.3. The lowest BCUT2D eigenvalue weighted by molar-refractivity contribution is -0.141. The molecule has 0 bridgehead atoms. The molecular formula is C33H39FN2O3. The van der Waals surface area contributed by atoms with Crippen LogP contribution in [0.25, 0.3) is 11.1 Å². The van der Waals surface area contributed by atoms with Crippen LogP contribution in [0, 0.1) is 24.6 Å². The molecule has 0 radical (unpaired) electrons. The molecule has 39 heavy (non-hydrogen) atoms. The molecule has 2 aromatic carbocycles. The van der Waals surface area contributed by atoms with E-state index in [-0.39, 0.29) is 11.9 Å². The first-order valence-corrected chi connectivity index (χ1v) is 14.3. The summed E-state index contributed by atoms with van der Waals surface area (Å²) < 4.78 is 21.5. The van der Waals surface area contributed by atoms with Crippen LogP contribution in [-0.2, 0) is 24.2 Å². The molecule has 5 rings (SSSR count). The molecule has 0 amide bonds. The van der Waals surface area contributed by atoms with Crippen LogP contribution >= 0.6 is 0 Å². The van der Waals surface area contributed by atoms with Crippen molar-refractivity contribution in [2.45, 2.75) is 71.9 Å². The van der Waals surface area contributed by atoms with Crippen molar-refractivity contribution in [1.82, 2.24) is 9.88 Å². The van der Waals surface area contributed by atoms with Crippen molar-refractivity contribution in [2.24, 2.45) is 11.8 Å². The van der Waals surface area contributed by atoms with Gasteiger partial charge in [0.2, 0.25) is 0 Å². The van der Waals surface area contributed by atoms with Crippen LogP contribution in [0.5, 0.6) is 5.75 Å². The van der Waals surface area contributed by atoms with Gasteiger partial charge in [0, 0.05) is 17.8 Å². The number of fused-ring (bicyclic) bond motifs is 1. The fourth-order valence-electron chi connectivity index (χ4n) is 5.97. The summed E-state index contributed by atoms with van der Waals surface area (Å²) >= 11 is 0. The molecule has 2 aliphatic rings. The van der Waals surface area contributed by atoms with Crippen molar-refractivity contribution in [3.8, 4) is 16.9 Å². The van der Waals surface area contributed by atoms with Crippen molar-refractivity contribution in [3.05, 3.63) is 82.4 Å². The minimum Gasteiger partial charge on any atom is -0.485 e. The summed E-state index contributed by atoms with van der Waals surface area (Å²) in [6.45, 7) is 8.79. The molecular weight excluding hydrogens is 491 g/mol. The van der Waals surface area contributed by atoms with Gasteiger partial charge in [0.15, 0.2) is 0 Å². The van der Waals surface area contributed by atoms with Gasteiger partial charge in [-0.15, -0.1) is 0 Å². The Labute approximate surface area is 231 Å². The number of halogens is 1. The van der Waals surface area contributed by atoms with Crippen LogP contribution in [-0.4, -0.2) is 34.0 Å². The van der Waals surface area contributed by atoms with Crippen molar-refractivity contribution in [1.29, 1.82) is 0 Å². The van der Waals surface area contributed by atoms with Gasteiger partial charge < -0.3 is 9.84 Å². The smallest absolute Gasteiger partial charge is 0.306 e. The molecule has 0 saturated carbocycles. The number of carboxylic acid groups (broad SMARTS) is 1. The monoisotopic (exact) mass is 530 g/mol. The standard InChI is InChI=1S/C33H39FN2O3/c1-4-23-11-13-36(14-12-23)20-27-18-26(7-9-28(27)29-16-22(3)35-19-30(29)34)31-10-8-25-6-5-24(17-32(25)39-31)15-21(2)33(37)38/h5-7,9,16-19,21,23,31H,4,8,10-15,20H2,1-3H3,(H,37,38). The molecule has 1 aromatic heterocycles. The average Bonchev–Trinajstić information content (AvgIpc) is 2.94. The second kappa shape index (κ2) is 11.9. The van der Waals surface area contributed by atoms with Gasteiger partial charge in [0.25, 0.3) is 0 Å². The van der Waals surface area contributed by atoms with Crippen LogP contribution in [0.3, 0.4) is 0 Å². The van der Waals surface area contributed by atoms with E-state index < -0.39 is 11.9 Å². The van der Waals surface area contributed by atoms with Crippen LogP contribution in [0.2, 0.25) is 0 Å². The zero-order chi connectivity index (χ0) is 27.5. The third kappa shape index (κ3) is 6.33. The Balaban J connectivity index is 1.43. The molecule has 0 aliphatic carbocycles. The number of aliphatic carboxylic acids is 1. The molecule has 1 fully saturated rings. The van der Waals surface area contributed by atoms with Gasteiger partial charge in [-0.1, -0.05) is 50.6 Å². The number of ether oxygens (including phenoxy) is 1. The summed E-state index contributed by atoms with van der Waals surface area (Å²) in [4.78, 5) is 18.0. The number of carbonyl (C=O) groups is 1. The van der Waals surface area contributed by atoms with Gasteiger partial charge in [0.1, 0.15) is 17.7 Å². The fraction of sp³-hybridized carbons (Fsp3) is 0.455. The van der Waals surface area contributed by atoms with Crippen molar-refractivity contribution in [2.75, 3.05) is 13.1 Å². The van der Waals surface area contributed by atoms with Gasteiger partial charge in [-0.05, 0) is 98.0 Å². The van der Waals surface area contributed by atoms with E-state index in [0.717, 1.165) is 77.7 Å². The highest BCUT2D eigenvalue weighted by Gasteiger charge is 2.25. The Bertz CT molecular complexity index is 1330. The number of aryl methyl sites for hydroxylation is 2. The third-order valence-corrected chi connectivity index (χ3v) is 8.50. The highest BCUT2D eigenvalue weighted by atomic mass is 19.1. The summed E-state index contributed by atoms with van der Waals surface area (Å²) in [6.07, 6.45) is 7.09. The van der Waals surface area contributed by atoms with E-state index in [1.165, 1.54) is 25.5 Å². The maximum Gasteiger partial charge on any atom is 0.306 e. The summed E-state index contributed by atoms with van der Waals surface area (Å²) in [7, 11) is 0. The van der Waals surface area contributed by atoms with E-state index in [2.05, 4.69) is 35.0 Å². The van der Waals surface area contributed by atoms with E-state index in [0.29, 0.717) is 12.0 Å². The minimum absolute atomic E-state index is 0.104. The first kappa shape index (κ1) is 27.3. The lowest BCUT2D eigenvalue weighted by atomic mass is 9.90. The molecule has 3 aromatic rings. The first-order chi connectivity index (χ1) is 18.8. The van der Waals surface area contributed by atoms with E-state index in [4.69, 9.17) is 4.74 Å². The first-order valence-electron chi connectivity index (χ1n) is 14.3. The van der Waals surface area contributed by atoms with E-state index in [9.17, 15) is 14.3 Å². The van der Waals surface area contributed by atoms with Gasteiger partial charge in [0.05, 0.1) is 12.1 Å². The number of rotatable bonds is 8. The predicted octanol–water partition coefficient (Wildman–Crippen LogP) is 7.15. The Hall–Kier alpha value is -3.25. The third-order valence-electron chi connectivity index (χ3n) is 8.50. The number of carboxylic acids is 1. The molecule has 2 aliphatic heterocycles. The largest absolute Gasteiger partial charge is 0.485 e. The number of nitrogens with zero attached hydrogens (tertiary/aromatic N) is 2. The Kier molecular flexibility index (Phi) is 8.31. The maximum atomic E-state index is 15.0. The molecule has 5 nitrogen and oxygen atoms in total. The van der Waals surface area contributed by atoms with Crippen LogP contribution in [0.4, 0.5) is 4.39 Å². The lowest BCUT2D eigenvalue weighted by Gasteiger charge is -2.32. The highest BCUT2D eigenvalue weighted by Crippen LogP contribution is 2.38. The van der Waals surface area contributed by atoms with Crippen molar-refractivity contribution >= 4 is 5.97 Å². The van der Waals surface area contributed by atoms with Crippen LogP contribution in [0.1, 0.15) is 73.6 Å². The SMILES string of the molecule is CCC1CCN(Cc2cc(C3CCc4ccc(CC(C)C(=O)O)cc4O3)ccc2-c2cc(C)ncc2F)CC1. The minimum atomic E-state index is -0.793. The summed E-state index contributed by atoms with van der Waals surface area (Å²) in [5.41, 5.74) is 6.65.